The second-order valence-electron chi connectivity index (χ2n) is 3.14. The van der Waals surface area contributed by atoms with Crippen molar-refractivity contribution >= 4 is 15.9 Å². The van der Waals surface area contributed by atoms with Gasteiger partial charge >= 0.3 is 0 Å². The average molecular weight is 262 g/mol. The highest BCUT2D eigenvalue weighted by atomic mass is 79.9. The Bertz CT molecular complexity index is 537. The second-order valence-corrected chi connectivity index (χ2v) is 4.06. The zero-order chi connectivity index (χ0) is 10.8. The summed E-state index contributed by atoms with van der Waals surface area (Å²) < 4.78 is 2.66. The number of halogens is 1. The Kier molecular flexibility index (Phi) is 2.57. The van der Waals surface area contributed by atoms with Crippen molar-refractivity contribution in [3.05, 3.63) is 40.5 Å². The fraction of sp³-hybridized carbons (Fsp3) is 0.0909. The molecule has 1 heterocycles. The minimum atomic E-state index is 0.646. The minimum absolute atomic E-state index is 0.646. The lowest BCUT2D eigenvalue weighted by molar-refractivity contribution is 0.775. The van der Waals surface area contributed by atoms with Gasteiger partial charge in [0.2, 0.25) is 0 Å². The van der Waals surface area contributed by atoms with E-state index in [0.717, 1.165) is 15.7 Å². The van der Waals surface area contributed by atoms with Crippen molar-refractivity contribution in [2.75, 3.05) is 0 Å². The average Bonchev–Trinajstić information content (AvgIpc) is 2.64. The van der Waals surface area contributed by atoms with Crippen molar-refractivity contribution in [1.29, 1.82) is 5.26 Å². The standard InChI is InChI=1S/C11H8BrN3/c1-15-11(4-5-14-15)10-3-2-9(12)6-8(10)7-13/h2-6H,1H3. The van der Waals surface area contributed by atoms with Crippen LogP contribution in [0, 0.1) is 11.3 Å². The summed E-state index contributed by atoms with van der Waals surface area (Å²) in [7, 11) is 1.86. The first-order chi connectivity index (χ1) is 7.22. The molecular formula is C11H8BrN3. The van der Waals surface area contributed by atoms with E-state index in [4.69, 9.17) is 5.26 Å². The molecule has 4 heteroatoms. The van der Waals surface area contributed by atoms with Crippen LogP contribution in [-0.4, -0.2) is 9.78 Å². The lowest BCUT2D eigenvalue weighted by Gasteiger charge is -2.04. The molecule has 0 saturated carbocycles. The van der Waals surface area contributed by atoms with Crippen LogP contribution >= 0.6 is 15.9 Å². The third-order valence-corrected chi connectivity index (χ3v) is 2.69. The molecule has 0 bridgehead atoms. The molecule has 1 aromatic carbocycles. The van der Waals surface area contributed by atoms with Gasteiger partial charge in [0.05, 0.1) is 17.3 Å². The fourth-order valence-electron chi connectivity index (χ4n) is 1.47. The molecule has 0 saturated heterocycles. The molecule has 0 aliphatic heterocycles. The molecule has 0 N–H and O–H groups in total. The Hall–Kier alpha value is -1.60. The second kappa shape index (κ2) is 3.87. The van der Waals surface area contributed by atoms with Crippen LogP contribution in [-0.2, 0) is 7.05 Å². The molecule has 3 nitrogen and oxygen atoms in total. The molecule has 0 atom stereocenters. The normalized spacial score (nSPS) is 9.93. The molecule has 0 amide bonds. The van der Waals surface area contributed by atoms with Crippen molar-refractivity contribution in [2.24, 2.45) is 7.05 Å². The van der Waals surface area contributed by atoms with Gasteiger partial charge in [-0.15, -0.1) is 0 Å². The van der Waals surface area contributed by atoms with Crippen LogP contribution in [0.25, 0.3) is 11.3 Å². The van der Waals surface area contributed by atoms with E-state index in [2.05, 4.69) is 27.1 Å². The molecule has 1 aromatic heterocycles. The van der Waals surface area contributed by atoms with Crippen LogP contribution in [0.3, 0.4) is 0 Å². The molecule has 74 valence electrons. The van der Waals surface area contributed by atoms with Crippen molar-refractivity contribution in [2.45, 2.75) is 0 Å². The van der Waals surface area contributed by atoms with Crippen LogP contribution in [0.1, 0.15) is 5.56 Å². The summed E-state index contributed by atoms with van der Waals surface area (Å²) in [6.07, 6.45) is 1.72. The topological polar surface area (TPSA) is 41.6 Å². The predicted octanol–water partition coefficient (Wildman–Crippen LogP) is 2.72. The summed E-state index contributed by atoms with van der Waals surface area (Å²) in [5.74, 6) is 0. The van der Waals surface area contributed by atoms with Gasteiger partial charge in [-0.2, -0.15) is 10.4 Å². The van der Waals surface area contributed by atoms with Crippen LogP contribution in [0.2, 0.25) is 0 Å². The lowest BCUT2D eigenvalue weighted by atomic mass is 10.1. The lowest BCUT2D eigenvalue weighted by Crippen LogP contribution is -1.95. The number of hydrogen-bond donors (Lipinski definition) is 0. The van der Waals surface area contributed by atoms with Crippen LogP contribution < -0.4 is 0 Å². The Morgan fingerprint density at radius 2 is 2.20 bits per heavy atom. The van der Waals surface area contributed by atoms with Crippen LogP contribution in [0.5, 0.6) is 0 Å². The maximum absolute atomic E-state index is 9.03. The fourth-order valence-corrected chi connectivity index (χ4v) is 1.83. The summed E-state index contributed by atoms with van der Waals surface area (Å²) in [5, 5.41) is 13.1. The molecule has 0 radical (unpaired) electrons. The Labute approximate surface area is 96.1 Å². The van der Waals surface area contributed by atoms with Crippen molar-refractivity contribution in [1.82, 2.24) is 9.78 Å². The number of aromatic nitrogens is 2. The number of rotatable bonds is 1. The van der Waals surface area contributed by atoms with E-state index in [0.29, 0.717) is 5.56 Å². The monoisotopic (exact) mass is 261 g/mol. The van der Waals surface area contributed by atoms with Crippen molar-refractivity contribution in [3.8, 4) is 17.3 Å². The largest absolute Gasteiger partial charge is 0.268 e. The maximum Gasteiger partial charge on any atom is 0.0999 e. The van der Waals surface area contributed by atoms with Gasteiger partial charge in [0.1, 0.15) is 0 Å². The maximum atomic E-state index is 9.03. The van der Waals surface area contributed by atoms with Gasteiger partial charge in [0.25, 0.3) is 0 Å². The van der Waals surface area contributed by atoms with Gasteiger partial charge in [-0.05, 0) is 18.2 Å². The summed E-state index contributed by atoms with van der Waals surface area (Å²) in [6.45, 7) is 0. The van der Waals surface area contributed by atoms with Gasteiger partial charge in [-0.3, -0.25) is 4.68 Å². The molecule has 0 aliphatic rings. The number of nitriles is 1. The van der Waals surface area contributed by atoms with Crippen LogP contribution in [0.15, 0.2) is 34.9 Å². The van der Waals surface area contributed by atoms with Gasteiger partial charge < -0.3 is 0 Å². The van der Waals surface area contributed by atoms with Gasteiger partial charge in [-0.1, -0.05) is 22.0 Å². The molecule has 2 rings (SSSR count). The van der Waals surface area contributed by atoms with E-state index in [9.17, 15) is 0 Å². The van der Waals surface area contributed by atoms with Crippen molar-refractivity contribution < 1.29 is 0 Å². The van der Waals surface area contributed by atoms with Crippen molar-refractivity contribution in [3.63, 3.8) is 0 Å². The first-order valence-electron chi connectivity index (χ1n) is 4.40. The third-order valence-electron chi connectivity index (χ3n) is 2.20. The molecule has 15 heavy (non-hydrogen) atoms. The Morgan fingerprint density at radius 1 is 1.40 bits per heavy atom. The third kappa shape index (κ3) is 1.79. The van der Waals surface area contributed by atoms with E-state index in [1.165, 1.54) is 0 Å². The number of nitrogens with zero attached hydrogens (tertiary/aromatic N) is 3. The summed E-state index contributed by atoms with van der Waals surface area (Å²) >= 11 is 3.35. The highest BCUT2D eigenvalue weighted by molar-refractivity contribution is 9.10. The van der Waals surface area contributed by atoms with E-state index < -0.39 is 0 Å². The quantitative estimate of drug-likeness (QED) is 0.792. The predicted molar refractivity (Wildman–Crippen MR) is 61.1 cm³/mol. The van der Waals surface area contributed by atoms with E-state index >= 15 is 0 Å². The summed E-state index contributed by atoms with van der Waals surface area (Å²) in [4.78, 5) is 0. The Morgan fingerprint density at radius 3 is 2.80 bits per heavy atom. The molecule has 0 fully saturated rings. The highest BCUT2D eigenvalue weighted by Gasteiger charge is 2.08. The molecule has 0 unspecified atom stereocenters. The minimum Gasteiger partial charge on any atom is -0.268 e. The molecule has 0 aliphatic carbocycles. The number of aryl methyl sites for hydroxylation is 1. The summed E-state index contributed by atoms with van der Waals surface area (Å²) in [5.41, 5.74) is 2.49. The first-order valence-corrected chi connectivity index (χ1v) is 5.19. The zero-order valence-electron chi connectivity index (χ0n) is 8.11. The number of hydrogen-bond acceptors (Lipinski definition) is 2. The first kappa shape index (κ1) is 9.94. The van der Waals surface area contributed by atoms with Gasteiger partial charge in [0.15, 0.2) is 0 Å². The zero-order valence-corrected chi connectivity index (χ0v) is 9.69. The highest BCUT2D eigenvalue weighted by Crippen LogP contribution is 2.25. The van der Waals surface area contributed by atoms with E-state index in [1.807, 2.05) is 31.3 Å². The van der Waals surface area contributed by atoms with E-state index in [-0.39, 0.29) is 0 Å². The van der Waals surface area contributed by atoms with Gasteiger partial charge in [-0.25, -0.2) is 0 Å². The molecular weight excluding hydrogens is 254 g/mol. The SMILES string of the molecule is Cn1nccc1-c1ccc(Br)cc1C#N. The molecule has 0 spiro atoms. The smallest absolute Gasteiger partial charge is 0.0999 e. The van der Waals surface area contributed by atoms with Gasteiger partial charge in [0, 0.05) is 23.3 Å². The Balaban J connectivity index is 2.64. The van der Waals surface area contributed by atoms with Crippen LogP contribution in [0.4, 0.5) is 0 Å². The molecule has 2 aromatic rings. The van der Waals surface area contributed by atoms with E-state index in [1.54, 1.807) is 10.9 Å². The number of benzene rings is 1. The summed E-state index contributed by atoms with van der Waals surface area (Å²) in [6, 6.07) is 9.72.